The number of carbonyl (C=O) groups excluding carboxylic acids is 2. The smallest absolute Gasteiger partial charge is 0.255 e. The highest BCUT2D eigenvalue weighted by molar-refractivity contribution is 6.06. The molecule has 1 aliphatic carbocycles. The average Bonchev–Trinajstić information content (AvgIpc) is 3.19. The van der Waals surface area contributed by atoms with Gasteiger partial charge >= 0.3 is 0 Å². The van der Waals surface area contributed by atoms with Crippen LogP contribution in [0.25, 0.3) is 11.0 Å². The molecule has 5 rings (SSSR count). The molecule has 2 aliphatic rings. The maximum absolute atomic E-state index is 13.1. The van der Waals surface area contributed by atoms with Crippen molar-refractivity contribution in [1.82, 2.24) is 14.5 Å². The van der Waals surface area contributed by atoms with E-state index in [2.05, 4.69) is 40.9 Å². The minimum absolute atomic E-state index is 0.217. The van der Waals surface area contributed by atoms with E-state index < -0.39 is 0 Å². The highest BCUT2D eigenvalue weighted by atomic mass is 16.2. The van der Waals surface area contributed by atoms with Crippen molar-refractivity contribution in [3.63, 3.8) is 0 Å². The van der Waals surface area contributed by atoms with Gasteiger partial charge in [-0.15, -0.1) is 0 Å². The van der Waals surface area contributed by atoms with E-state index in [0.29, 0.717) is 41.0 Å². The first-order valence-corrected chi connectivity index (χ1v) is 13.2. The number of hydrogen-bond donors (Lipinski definition) is 1. The Morgan fingerprint density at radius 3 is 2.70 bits per heavy atom. The summed E-state index contributed by atoms with van der Waals surface area (Å²) in [5.74, 6) is 0.904. The van der Waals surface area contributed by atoms with Gasteiger partial charge in [0.1, 0.15) is 5.65 Å². The van der Waals surface area contributed by atoms with Crippen molar-refractivity contribution in [3.8, 4) is 6.07 Å². The van der Waals surface area contributed by atoms with Crippen molar-refractivity contribution in [3.05, 3.63) is 58.9 Å². The van der Waals surface area contributed by atoms with Gasteiger partial charge in [-0.25, -0.2) is 4.98 Å². The molecule has 3 heterocycles. The first-order valence-electron chi connectivity index (χ1n) is 13.2. The number of nitriles is 1. The van der Waals surface area contributed by atoms with Crippen LogP contribution in [-0.2, 0) is 11.8 Å². The summed E-state index contributed by atoms with van der Waals surface area (Å²) in [6.07, 6.45) is 9.99. The number of aryl methyl sites for hydroxylation is 2. The van der Waals surface area contributed by atoms with Crippen LogP contribution in [0.5, 0.6) is 0 Å². The molecular formula is C30H35N5O2. The zero-order valence-corrected chi connectivity index (χ0v) is 22.2. The van der Waals surface area contributed by atoms with Crippen molar-refractivity contribution in [2.45, 2.75) is 70.8 Å². The van der Waals surface area contributed by atoms with E-state index in [1.807, 2.05) is 14.0 Å². The number of aromatic nitrogens is 2. The van der Waals surface area contributed by atoms with Gasteiger partial charge in [0.25, 0.3) is 5.91 Å². The summed E-state index contributed by atoms with van der Waals surface area (Å²) >= 11 is 0. The summed E-state index contributed by atoms with van der Waals surface area (Å²) in [7, 11) is 2.01. The van der Waals surface area contributed by atoms with E-state index in [1.165, 1.54) is 24.8 Å². The summed E-state index contributed by atoms with van der Waals surface area (Å²) in [4.78, 5) is 32.9. The Hall–Kier alpha value is -3.66. The van der Waals surface area contributed by atoms with E-state index in [-0.39, 0.29) is 11.4 Å². The number of likely N-dealkylation sites (tertiary alicyclic amines) is 1. The van der Waals surface area contributed by atoms with Crippen LogP contribution in [0.2, 0.25) is 0 Å². The third kappa shape index (κ3) is 4.73. The molecule has 3 aromatic rings. The van der Waals surface area contributed by atoms with Crippen molar-refractivity contribution in [2.75, 3.05) is 11.9 Å². The molecule has 1 aromatic carbocycles. The molecule has 1 saturated carbocycles. The molecule has 0 bridgehead atoms. The first-order chi connectivity index (χ1) is 17.7. The minimum Gasteiger partial charge on any atom is -0.338 e. The Balaban J connectivity index is 1.40. The van der Waals surface area contributed by atoms with Gasteiger partial charge in [0.2, 0.25) is 5.91 Å². The molecule has 2 fully saturated rings. The molecule has 2 aromatic heterocycles. The number of fused-ring (bicyclic) bond motifs is 1. The van der Waals surface area contributed by atoms with Crippen molar-refractivity contribution < 1.29 is 9.59 Å². The Labute approximate surface area is 218 Å². The predicted octanol–water partition coefficient (Wildman–Crippen LogP) is 5.68. The molecule has 1 N–H and O–H groups in total. The van der Waals surface area contributed by atoms with Crippen molar-refractivity contribution in [1.29, 1.82) is 5.26 Å². The molecule has 7 heteroatoms. The highest BCUT2D eigenvalue weighted by Gasteiger charge is 2.40. The molecule has 192 valence electrons. The second kappa shape index (κ2) is 9.66. The third-order valence-corrected chi connectivity index (χ3v) is 8.38. The number of rotatable bonds is 5. The number of carbonyl (C=O) groups is 2. The molecule has 1 aliphatic heterocycles. The molecule has 37 heavy (non-hydrogen) atoms. The number of pyridine rings is 1. The summed E-state index contributed by atoms with van der Waals surface area (Å²) in [5.41, 5.74) is 4.43. The van der Waals surface area contributed by atoms with E-state index in [9.17, 15) is 14.9 Å². The first kappa shape index (κ1) is 25.0. The fourth-order valence-corrected chi connectivity index (χ4v) is 6.08. The zero-order chi connectivity index (χ0) is 26.3. The second-order valence-corrected chi connectivity index (χ2v) is 11.4. The number of piperidine rings is 1. The van der Waals surface area contributed by atoms with Gasteiger partial charge in [-0.05, 0) is 87.6 Å². The number of benzene rings is 1. The van der Waals surface area contributed by atoms with Crippen molar-refractivity contribution in [2.24, 2.45) is 13.0 Å². The molecular weight excluding hydrogens is 462 g/mol. The van der Waals surface area contributed by atoms with Crippen LogP contribution >= 0.6 is 0 Å². The Morgan fingerprint density at radius 2 is 2.03 bits per heavy atom. The minimum atomic E-state index is -0.266. The van der Waals surface area contributed by atoms with Gasteiger partial charge in [-0.1, -0.05) is 12.5 Å². The standard InChI is InChI=1S/C30H35N5O2/c1-19-25(33-29(37)22-10-6-9-21(13-22)16-31)17-32-28-27(19)24(18-34(28)4)23-11-12-35(30(2,3)15-23)26(36)14-20-7-5-8-20/h6,9-10,13,17-18,20,23H,5,7-8,11-12,14-15H2,1-4H3,(H,33,37)/t23-/m1/s1. The fourth-order valence-electron chi connectivity index (χ4n) is 6.08. The molecule has 1 saturated heterocycles. The third-order valence-electron chi connectivity index (χ3n) is 8.38. The topological polar surface area (TPSA) is 91.0 Å². The van der Waals surface area contributed by atoms with Crippen molar-refractivity contribution >= 4 is 28.5 Å². The maximum atomic E-state index is 13.1. The quantitative estimate of drug-likeness (QED) is 0.491. The summed E-state index contributed by atoms with van der Waals surface area (Å²) in [6.45, 7) is 7.17. The fraction of sp³-hybridized carbons (Fsp3) is 0.467. The average molecular weight is 498 g/mol. The lowest BCUT2D eigenvalue weighted by Crippen LogP contribution is -2.52. The highest BCUT2D eigenvalue weighted by Crippen LogP contribution is 2.43. The number of hydrogen-bond acceptors (Lipinski definition) is 4. The number of amides is 2. The van der Waals surface area contributed by atoms with Gasteiger partial charge in [-0.3, -0.25) is 9.59 Å². The molecule has 7 nitrogen and oxygen atoms in total. The van der Waals surface area contributed by atoms with Gasteiger partial charge in [0.15, 0.2) is 0 Å². The van der Waals surface area contributed by atoms with Gasteiger partial charge in [0.05, 0.1) is 23.5 Å². The number of nitrogens with one attached hydrogen (secondary N) is 1. The molecule has 2 amide bonds. The number of anilines is 1. The van der Waals surface area contributed by atoms with Crippen LogP contribution in [0.3, 0.4) is 0 Å². The van der Waals surface area contributed by atoms with Crippen LogP contribution in [0.4, 0.5) is 5.69 Å². The van der Waals surface area contributed by atoms with Crippen LogP contribution in [0, 0.1) is 24.2 Å². The summed E-state index contributed by atoms with van der Waals surface area (Å²) < 4.78 is 2.06. The summed E-state index contributed by atoms with van der Waals surface area (Å²) in [6, 6.07) is 8.76. The lowest BCUT2D eigenvalue weighted by Gasteiger charge is -2.46. The maximum Gasteiger partial charge on any atom is 0.255 e. The largest absolute Gasteiger partial charge is 0.338 e. The summed E-state index contributed by atoms with van der Waals surface area (Å²) in [5, 5.41) is 13.2. The second-order valence-electron chi connectivity index (χ2n) is 11.4. The van der Waals surface area contributed by atoms with E-state index >= 15 is 0 Å². The van der Waals surface area contributed by atoms with Gasteiger partial charge < -0.3 is 14.8 Å². The molecule has 1 atom stereocenters. The Morgan fingerprint density at radius 1 is 1.24 bits per heavy atom. The van der Waals surface area contributed by atoms with Gasteiger partial charge in [0, 0.05) is 42.7 Å². The SMILES string of the molecule is Cc1c(NC(=O)c2cccc(C#N)c2)cnc2c1c([C@@H]1CCN(C(=O)CC3CCC3)C(C)(C)C1)cn2C. The van der Waals surface area contributed by atoms with Gasteiger partial charge in [-0.2, -0.15) is 5.26 Å². The Bertz CT molecular complexity index is 1410. The molecule has 0 radical (unpaired) electrons. The predicted molar refractivity (Wildman–Crippen MR) is 144 cm³/mol. The van der Waals surface area contributed by atoms with E-state index in [0.717, 1.165) is 36.0 Å². The lowest BCUT2D eigenvalue weighted by atomic mass is 9.77. The lowest BCUT2D eigenvalue weighted by molar-refractivity contribution is -0.140. The monoisotopic (exact) mass is 497 g/mol. The van der Waals surface area contributed by atoms with Crippen LogP contribution < -0.4 is 5.32 Å². The molecule has 0 spiro atoms. The van der Waals surface area contributed by atoms with Crippen LogP contribution in [0.1, 0.15) is 85.3 Å². The van der Waals surface area contributed by atoms with Crippen LogP contribution in [0.15, 0.2) is 36.7 Å². The van der Waals surface area contributed by atoms with E-state index in [4.69, 9.17) is 4.98 Å². The van der Waals surface area contributed by atoms with E-state index in [1.54, 1.807) is 30.5 Å². The zero-order valence-electron chi connectivity index (χ0n) is 22.2. The number of nitrogens with zero attached hydrogens (tertiary/aromatic N) is 4. The Kier molecular flexibility index (Phi) is 6.53. The normalized spacial score (nSPS) is 19.3. The molecule has 0 unspecified atom stereocenters. The van der Waals surface area contributed by atoms with Crippen LogP contribution in [-0.4, -0.2) is 38.3 Å².